The van der Waals surface area contributed by atoms with Gasteiger partial charge in [-0.3, -0.25) is 0 Å². The van der Waals surface area contributed by atoms with Crippen molar-refractivity contribution in [3.8, 4) is 11.8 Å². The van der Waals surface area contributed by atoms with Crippen molar-refractivity contribution in [1.29, 1.82) is 0 Å². The number of benzene rings is 1. The topological polar surface area (TPSA) is 29.5 Å². The van der Waals surface area contributed by atoms with E-state index in [1.165, 1.54) is 0 Å². The maximum Gasteiger partial charge on any atom is 0.414 e. The van der Waals surface area contributed by atoms with Gasteiger partial charge >= 0.3 is 6.18 Å². The first-order chi connectivity index (χ1) is 8.93. The molecule has 0 amide bonds. The number of hydrogen-bond acceptors (Lipinski definition) is 2. The molecule has 19 heavy (non-hydrogen) atoms. The van der Waals surface area contributed by atoms with Gasteiger partial charge in [-0.25, -0.2) is 0 Å². The van der Waals surface area contributed by atoms with Crippen LogP contribution in [0.5, 0.6) is 0 Å². The highest BCUT2D eigenvalue weighted by atomic mass is 19.4. The Morgan fingerprint density at radius 2 is 1.89 bits per heavy atom. The molecule has 1 atom stereocenters. The molecule has 0 saturated carbocycles. The van der Waals surface area contributed by atoms with Crippen molar-refractivity contribution in [3.05, 3.63) is 35.4 Å². The molecule has 0 saturated heterocycles. The first kappa shape index (κ1) is 15.5. The van der Waals surface area contributed by atoms with Crippen LogP contribution in [-0.2, 0) is 11.3 Å². The van der Waals surface area contributed by atoms with Gasteiger partial charge in [0.15, 0.2) is 6.10 Å². The minimum absolute atomic E-state index is 0.00819. The van der Waals surface area contributed by atoms with Crippen molar-refractivity contribution in [2.24, 2.45) is 0 Å². The second-order valence-electron chi connectivity index (χ2n) is 3.97. The molecule has 1 rings (SSSR count). The number of halogens is 3. The first-order valence-electron chi connectivity index (χ1n) is 5.80. The third kappa shape index (κ3) is 5.77. The summed E-state index contributed by atoms with van der Waals surface area (Å²) in [6, 6.07) is 6.76. The van der Waals surface area contributed by atoms with Gasteiger partial charge in [-0.15, -0.1) is 0 Å². The Hall–Kier alpha value is -1.51. The smallest absolute Gasteiger partial charge is 0.395 e. The van der Waals surface area contributed by atoms with Gasteiger partial charge in [-0.2, -0.15) is 13.2 Å². The van der Waals surface area contributed by atoms with E-state index in [2.05, 4.69) is 11.8 Å². The molecule has 1 N–H and O–H groups in total. The highest BCUT2D eigenvalue weighted by Crippen LogP contribution is 2.23. The lowest BCUT2D eigenvalue weighted by Crippen LogP contribution is -2.28. The number of hydrogen-bond donors (Lipinski definition) is 1. The van der Waals surface area contributed by atoms with E-state index in [4.69, 9.17) is 9.84 Å². The van der Waals surface area contributed by atoms with Crippen LogP contribution in [0, 0.1) is 11.8 Å². The van der Waals surface area contributed by atoms with Crippen LogP contribution in [0.1, 0.15) is 24.5 Å². The molecule has 1 unspecified atom stereocenters. The summed E-state index contributed by atoms with van der Waals surface area (Å²) < 4.78 is 41.4. The van der Waals surface area contributed by atoms with Gasteiger partial charge in [-0.05, 0) is 24.6 Å². The van der Waals surface area contributed by atoms with Gasteiger partial charge in [0.1, 0.15) is 0 Å². The number of aliphatic hydroxyl groups excluding tert-OH is 1. The van der Waals surface area contributed by atoms with E-state index >= 15 is 0 Å². The third-order valence-corrected chi connectivity index (χ3v) is 2.38. The minimum Gasteiger partial charge on any atom is -0.395 e. The molecular formula is C14H15F3O2. The van der Waals surface area contributed by atoms with Crippen LogP contribution >= 0.6 is 0 Å². The van der Waals surface area contributed by atoms with E-state index in [-0.39, 0.29) is 13.2 Å². The van der Waals surface area contributed by atoms with Crippen molar-refractivity contribution in [2.45, 2.75) is 32.2 Å². The van der Waals surface area contributed by atoms with Crippen LogP contribution in [0.2, 0.25) is 0 Å². The van der Waals surface area contributed by atoms with Crippen LogP contribution in [0.3, 0.4) is 0 Å². The fourth-order valence-electron chi connectivity index (χ4n) is 1.22. The second-order valence-corrected chi connectivity index (χ2v) is 3.97. The number of alkyl halides is 3. The highest BCUT2D eigenvalue weighted by Gasteiger charge is 2.36. The van der Waals surface area contributed by atoms with Crippen molar-refractivity contribution in [3.63, 3.8) is 0 Å². The maximum absolute atomic E-state index is 12.2. The molecule has 1 aromatic rings. The number of rotatable bonds is 4. The fraction of sp³-hybridized carbons (Fsp3) is 0.429. The SMILES string of the molecule is CC(OCc1ccc(C#CCCO)cc1)C(F)(F)F. The Morgan fingerprint density at radius 3 is 2.42 bits per heavy atom. The molecule has 0 aliphatic heterocycles. The van der Waals surface area contributed by atoms with Crippen molar-refractivity contribution >= 4 is 0 Å². The van der Waals surface area contributed by atoms with Gasteiger partial charge in [0.05, 0.1) is 13.2 Å². The second kappa shape index (κ2) is 7.17. The van der Waals surface area contributed by atoms with E-state index in [0.29, 0.717) is 12.0 Å². The van der Waals surface area contributed by atoms with Gasteiger partial charge < -0.3 is 9.84 Å². The average Bonchev–Trinajstić information content (AvgIpc) is 2.36. The number of ether oxygens (including phenoxy) is 1. The van der Waals surface area contributed by atoms with E-state index in [1.54, 1.807) is 24.3 Å². The van der Waals surface area contributed by atoms with Gasteiger partial charge in [-0.1, -0.05) is 24.0 Å². The summed E-state index contributed by atoms with van der Waals surface area (Å²) in [5.74, 6) is 5.59. The molecule has 0 spiro atoms. The quantitative estimate of drug-likeness (QED) is 0.854. The van der Waals surface area contributed by atoms with Crippen LogP contribution in [0.15, 0.2) is 24.3 Å². The molecule has 0 radical (unpaired) electrons. The summed E-state index contributed by atoms with van der Waals surface area (Å²) >= 11 is 0. The Kier molecular flexibility index (Phi) is 5.87. The van der Waals surface area contributed by atoms with E-state index in [0.717, 1.165) is 12.5 Å². The molecule has 104 valence electrons. The zero-order chi connectivity index (χ0) is 14.3. The Balaban J connectivity index is 2.52. The summed E-state index contributed by atoms with van der Waals surface area (Å²) in [7, 11) is 0. The molecule has 1 aromatic carbocycles. The van der Waals surface area contributed by atoms with E-state index in [9.17, 15) is 13.2 Å². The number of aliphatic hydroxyl groups is 1. The summed E-state index contributed by atoms with van der Waals surface area (Å²) in [5, 5.41) is 8.57. The zero-order valence-electron chi connectivity index (χ0n) is 10.5. The average molecular weight is 272 g/mol. The Bertz CT molecular complexity index is 440. The summed E-state index contributed by atoms with van der Waals surface area (Å²) in [6.45, 7) is 0.897. The minimum atomic E-state index is -4.34. The molecular weight excluding hydrogens is 257 g/mol. The standard InChI is InChI=1S/C14H15F3O2/c1-11(14(15,16)17)19-10-13-7-5-12(6-8-13)4-2-3-9-18/h5-8,11,18H,3,9-10H2,1H3. The highest BCUT2D eigenvalue weighted by molar-refractivity contribution is 5.35. The molecule has 0 aromatic heterocycles. The molecule has 0 heterocycles. The molecule has 0 fully saturated rings. The normalized spacial score (nSPS) is 12.7. The maximum atomic E-state index is 12.2. The predicted molar refractivity (Wildman–Crippen MR) is 65.3 cm³/mol. The van der Waals surface area contributed by atoms with Crippen LogP contribution in [0.4, 0.5) is 13.2 Å². The lowest BCUT2D eigenvalue weighted by molar-refractivity contribution is -0.217. The molecule has 0 aliphatic rings. The van der Waals surface area contributed by atoms with E-state index < -0.39 is 12.3 Å². The third-order valence-electron chi connectivity index (χ3n) is 2.38. The van der Waals surface area contributed by atoms with Gasteiger partial charge in [0.25, 0.3) is 0 Å². The molecule has 5 heteroatoms. The Labute approximate surface area is 110 Å². The largest absolute Gasteiger partial charge is 0.414 e. The van der Waals surface area contributed by atoms with Crippen LogP contribution < -0.4 is 0 Å². The Morgan fingerprint density at radius 1 is 1.26 bits per heavy atom. The van der Waals surface area contributed by atoms with Gasteiger partial charge in [0.2, 0.25) is 0 Å². The van der Waals surface area contributed by atoms with E-state index in [1.807, 2.05) is 0 Å². The van der Waals surface area contributed by atoms with Crippen molar-refractivity contribution < 1.29 is 23.0 Å². The lowest BCUT2D eigenvalue weighted by Gasteiger charge is -2.16. The molecule has 0 bridgehead atoms. The molecule has 0 aliphatic carbocycles. The lowest BCUT2D eigenvalue weighted by atomic mass is 10.1. The fourth-order valence-corrected chi connectivity index (χ4v) is 1.22. The summed E-state index contributed by atoms with van der Waals surface area (Å²) in [5.41, 5.74) is 1.41. The van der Waals surface area contributed by atoms with Crippen LogP contribution in [-0.4, -0.2) is 24.0 Å². The zero-order valence-corrected chi connectivity index (χ0v) is 10.5. The molecule has 2 nitrogen and oxygen atoms in total. The summed E-state index contributed by atoms with van der Waals surface area (Å²) in [6.07, 6.45) is -5.72. The predicted octanol–water partition coefficient (Wildman–Crippen LogP) is 2.89. The first-order valence-corrected chi connectivity index (χ1v) is 5.80. The van der Waals surface area contributed by atoms with Crippen molar-refractivity contribution in [2.75, 3.05) is 6.61 Å². The summed E-state index contributed by atoms with van der Waals surface area (Å²) in [4.78, 5) is 0. The van der Waals surface area contributed by atoms with Gasteiger partial charge in [0, 0.05) is 12.0 Å². The van der Waals surface area contributed by atoms with Crippen molar-refractivity contribution in [1.82, 2.24) is 0 Å². The monoisotopic (exact) mass is 272 g/mol. The van der Waals surface area contributed by atoms with Crippen LogP contribution in [0.25, 0.3) is 0 Å².